The average molecular weight is 277 g/mol. The molecule has 1 unspecified atom stereocenters. The molecule has 1 saturated carbocycles. The van der Waals surface area contributed by atoms with E-state index in [1.807, 2.05) is 12.1 Å². The number of benzene rings is 1. The molecule has 0 radical (unpaired) electrons. The number of nitrogens with one attached hydrogen (secondary N) is 1. The number of ether oxygens (including phenoxy) is 2. The summed E-state index contributed by atoms with van der Waals surface area (Å²) in [6, 6.07) is 6.98. The van der Waals surface area contributed by atoms with Gasteiger partial charge in [-0.1, -0.05) is 13.0 Å². The lowest BCUT2D eigenvalue weighted by Gasteiger charge is -2.30. The molecule has 1 aliphatic carbocycles. The Morgan fingerprint density at radius 3 is 2.40 bits per heavy atom. The van der Waals surface area contributed by atoms with Crippen molar-refractivity contribution in [3.05, 3.63) is 23.8 Å². The minimum atomic E-state index is 0.300. The fourth-order valence-corrected chi connectivity index (χ4v) is 3.05. The maximum atomic E-state index is 5.50. The normalized spacial score (nSPS) is 24.2. The van der Waals surface area contributed by atoms with E-state index in [-0.39, 0.29) is 0 Å². The summed E-state index contributed by atoms with van der Waals surface area (Å²) in [4.78, 5) is 0. The molecule has 20 heavy (non-hydrogen) atoms. The van der Waals surface area contributed by atoms with Crippen LogP contribution in [0.1, 0.15) is 51.1 Å². The van der Waals surface area contributed by atoms with Crippen molar-refractivity contribution in [1.29, 1.82) is 0 Å². The topological polar surface area (TPSA) is 30.5 Å². The molecule has 0 spiro atoms. The Hall–Kier alpha value is -1.22. The van der Waals surface area contributed by atoms with E-state index in [0.717, 1.165) is 17.4 Å². The van der Waals surface area contributed by atoms with Gasteiger partial charge in [0.05, 0.1) is 14.2 Å². The van der Waals surface area contributed by atoms with E-state index in [2.05, 4.69) is 25.2 Å². The van der Waals surface area contributed by atoms with Crippen molar-refractivity contribution in [1.82, 2.24) is 5.32 Å². The molecule has 0 heterocycles. The van der Waals surface area contributed by atoms with E-state index < -0.39 is 0 Å². The molecule has 112 valence electrons. The van der Waals surface area contributed by atoms with Crippen LogP contribution >= 0.6 is 0 Å². The molecule has 1 atom stereocenters. The highest BCUT2D eigenvalue weighted by atomic mass is 16.5. The summed E-state index contributed by atoms with van der Waals surface area (Å²) in [5.41, 5.74) is 1.20. The second kappa shape index (κ2) is 6.98. The molecule has 0 amide bonds. The number of methoxy groups -OCH3 is 2. The third-order valence-electron chi connectivity index (χ3n) is 4.41. The molecular weight excluding hydrogens is 250 g/mol. The molecule has 0 aromatic heterocycles. The van der Waals surface area contributed by atoms with E-state index in [0.29, 0.717) is 12.1 Å². The van der Waals surface area contributed by atoms with Gasteiger partial charge in [-0.25, -0.2) is 0 Å². The lowest BCUT2D eigenvalue weighted by atomic mass is 9.87. The summed E-state index contributed by atoms with van der Waals surface area (Å²) in [5.74, 6) is 2.62. The third kappa shape index (κ3) is 3.66. The Morgan fingerprint density at radius 1 is 1.10 bits per heavy atom. The van der Waals surface area contributed by atoms with Gasteiger partial charge in [0.2, 0.25) is 0 Å². The lowest BCUT2D eigenvalue weighted by Crippen LogP contribution is -2.34. The monoisotopic (exact) mass is 277 g/mol. The molecule has 0 aliphatic heterocycles. The van der Waals surface area contributed by atoms with Crippen molar-refractivity contribution in [3.8, 4) is 11.5 Å². The summed E-state index contributed by atoms with van der Waals surface area (Å²) >= 11 is 0. The zero-order chi connectivity index (χ0) is 14.5. The Labute approximate surface area is 122 Å². The van der Waals surface area contributed by atoms with Crippen molar-refractivity contribution >= 4 is 0 Å². The predicted octanol–water partition coefficient (Wildman–Crippen LogP) is 3.93. The zero-order valence-electron chi connectivity index (χ0n) is 13.1. The molecule has 1 fully saturated rings. The summed E-state index contributed by atoms with van der Waals surface area (Å²) in [6.45, 7) is 4.56. The maximum Gasteiger partial charge on any atom is 0.127 e. The Bertz CT molecular complexity index is 425. The van der Waals surface area contributed by atoms with Crippen LogP contribution in [0.5, 0.6) is 11.5 Å². The van der Waals surface area contributed by atoms with Gasteiger partial charge in [0.25, 0.3) is 0 Å². The Kier molecular flexibility index (Phi) is 5.30. The van der Waals surface area contributed by atoms with E-state index in [4.69, 9.17) is 9.47 Å². The van der Waals surface area contributed by atoms with Crippen LogP contribution in [0.25, 0.3) is 0 Å². The number of hydrogen-bond acceptors (Lipinski definition) is 3. The van der Waals surface area contributed by atoms with Gasteiger partial charge in [-0.15, -0.1) is 0 Å². The molecule has 0 bridgehead atoms. The fraction of sp³-hybridized carbons (Fsp3) is 0.647. The predicted molar refractivity (Wildman–Crippen MR) is 82.5 cm³/mol. The molecular formula is C17H27NO2. The van der Waals surface area contributed by atoms with Gasteiger partial charge in [-0.3, -0.25) is 0 Å². The van der Waals surface area contributed by atoms with Gasteiger partial charge in [0.15, 0.2) is 0 Å². The molecule has 1 aliphatic rings. The minimum Gasteiger partial charge on any atom is -0.497 e. The van der Waals surface area contributed by atoms with Gasteiger partial charge >= 0.3 is 0 Å². The zero-order valence-corrected chi connectivity index (χ0v) is 13.1. The average Bonchev–Trinajstić information content (AvgIpc) is 2.48. The number of hydrogen-bond donors (Lipinski definition) is 1. The SMILES string of the molecule is COc1ccc(C(C)NC2CCC(C)CC2)c(OC)c1. The molecule has 1 aromatic carbocycles. The summed E-state index contributed by atoms with van der Waals surface area (Å²) < 4.78 is 10.7. The fourth-order valence-electron chi connectivity index (χ4n) is 3.05. The summed E-state index contributed by atoms with van der Waals surface area (Å²) in [7, 11) is 3.40. The van der Waals surface area contributed by atoms with Crippen LogP contribution in [-0.2, 0) is 0 Å². The first kappa shape index (κ1) is 15.2. The van der Waals surface area contributed by atoms with Gasteiger partial charge in [-0.05, 0) is 44.6 Å². The van der Waals surface area contributed by atoms with Crippen molar-refractivity contribution in [3.63, 3.8) is 0 Å². The van der Waals surface area contributed by atoms with E-state index in [1.165, 1.54) is 31.2 Å². The highest BCUT2D eigenvalue weighted by Gasteiger charge is 2.21. The highest BCUT2D eigenvalue weighted by Crippen LogP contribution is 2.31. The largest absolute Gasteiger partial charge is 0.497 e. The third-order valence-corrected chi connectivity index (χ3v) is 4.41. The van der Waals surface area contributed by atoms with Crippen LogP contribution < -0.4 is 14.8 Å². The van der Waals surface area contributed by atoms with Gasteiger partial charge < -0.3 is 14.8 Å². The smallest absolute Gasteiger partial charge is 0.127 e. The summed E-state index contributed by atoms with van der Waals surface area (Å²) in [5, 5.41) is 3.75. The van der Waals surface area contributed by atoms with Crippen molar-refractivity contribution < 1.29 is 9.47 Å². The van der Waals surface area contributed by atoms with Crippen LogP contribution in [0.15, 0.2) is 18.2 Å². The van der Waals surface area contributed by atoms with Crippen LogP contribution in [-0.4, -0.2) is 20.3 Å². The van der Waals surface area contributed by atoms with Crippen LogP contribution in [0.3, 0.4) is 0 Å². The van der Waals surface area contributed by atoms with E-state index in [1.54, 1.807) is 14.2 Å². The van der Waals surface area contributed by atoms with E-state index >= 15 is 0 Å². The van der Waals surface area contributed by atoms with Crippen molar-refractivity contribution in [2.24, 2.45) is 5.92 Å². The second-order valence-corrected chi connectivity index (χ2v) is 5.95. The molecule has 3 heteroatoms. The number of rotatable bonds is 5. The molecule has 1 aromatic rings. The summed E-state index contributed by atoms with van der Waals surface area (Å²) in [6.07, 6.45) is 5.24. The first-order valence-corrected chi connectivity index (χ1v) is 7.62. The first-order valence-electron chi connectivity index (χ1n) is 7.62. The van der Waals surface area contributed by atoms with Gasteiger partial charge in [0, 0.05) is 23.7 Å². The second-order valence-electron chi connectivity index (χ2n) is 5.95. The molecule has 0 saturated heterocycles. The van der Waals surface area contributed by atoms with E-state index in [9.17, 15) is 0 Å². The van der Waals surface area contributed by atoms with Crippen molar-refractivity contribution in [2.75, 3.05) is 14.2 Å². The first-order chi connectivity index (χ1) is 9.63. The molecule has 3 nitrogen and oxygen atoms in total. The standard InChI is InChI=1S/C17H27NO2/c1-12-5-7-14(8-6-12)18-13(2)16-10-9-15(19-3)11-17(16)20-4/h9-14,18H,5-8H2,1-4H3. The van der Waals surface area contributed by atoms with Crippen LogP contribution in [0, 0.1) is 5.92 Å². The quantitative estimate of drug-likeness (QED) is 0.884. The van der Waals surface area contributed by atoms with Gasteiger partial charge in [0.1, 0.15) is 11.5 Å². The maximum absolute atomic E-state index is 5.50. The Morgan fingerprint density at radius 2 is 1.80 bits per heavy atom. The highest BCUT2D eigenvalue weighted by molar-refractivity contribution is 5.42. The van der Waals surface area contributed by atoms with Gasteiger partial charge in [-0.2, -0.15) is 0 Å². The van der Waals surface area contributed by atoms with Crippen molar-refractivity contribution in [2.45, 2.75) is 51.6 Å². The molecule has 1 N–H and O–H groups in total. The lowest BCUT2D eigenvalue weighted by molar-refractivity contribution is 0.289. The van der Waals surface area contributed by atoms with Crippen LogP contribution in [0.2, 0.25) is 0 Å². The van der Waals surface area contributed by atoms with Crippen LogP contribution in [0.4, 0.5) is 0 Å². The molecule has 2 rings (SSSR count). The minimum absolute atomic E-state index is 0.300. The Balaban J connectivity index is 2.03.